The van der Waals surface area contributed by atoms with E-state index in [1.54, 1.807) is 29.8 Å². The third kappa shape index (κ3) is 5.52. The quantitative estimate of drug-likeness (QED) is 0.464. The van der Waals surface area contributed by atoms with Crippen LogP contribution >= 0.6 is 22.9 Å². The third-order valence-corrected chi connectivity index (χ3v) is 7.91. The van der Waals surface area contributed by atoms with Crippen molar-refractivity contribution in [2.45, 2.75) is 25.7 Å². The molecule has 2 N–H and O–H groups in total. The summed E-state index contributed by atoms with van der Waals surface area (Å²) in [7, 11) is -2.92. The number of benzene rings is 1. The number of sulfone groups is 1. The number of aryl methyl sites for hydroxylation is 1. The van der Waals surface area contributed by atoms with Crippen LogP contribution in [0.2, 0.25) is 5.02 Å². The first-order valence-electron chi connectivity index (χ1n) is 10.2. The largest absolute Gasteiger partial charge is 0.340 e. The van der Waals surface area contributed by atoms with Crippen LogP contribution in [0.15, 0.2) is 24.5 Å². The molecule has 0 saturated carbocycles. The molecule has 4 rings (SSSR count). The van der Waals surface area contributed by atoms with Gasteiger partial charge in [0.05, 0.1) is 16.2 Å². The normalized spacial score (nSPS) is 16.4. The van der Waals surface area contributed by atoms with Gasteiger partial charge in [-0.05, 0) is 61.9 Å². The van der Waals surface area contributed by atoms with Gasteiger partial charge in [0.15, 0.2) is 0 Å². The van der Waals surface area contributed by atoms with Crippen molar-refractivity contribution < 1.29 is 12.8 Å². The topological polar surface area (TPSA) is 84.0 Å². The minimum absolute atomic E-state index is 0.0654. The molecule has 0 fully saturated rings. The summed E-state index contributed by atoms with van der Waals surface area (Å²) in [6.45, 7) is 1.32. The Labute approximate surface area is 190 Å². The zero-order valence-corrected chi connectivity index (χ0v) is 19.5. The average molecular weight is 483 g/mol. The Kier molecular flexibility index (Phi) is 6.76. The van der Waals surface area contributed by atoms with E-state index in [1.165, 1.54) is 22.8 Å². The molecule has 1 unspecified atom stereocenters. The number of hydrogen-bond donors (Lipinski definition) is 2. The Morgan fingerprint density at radius 2 is 2.13 bits per heavy atom. The molecule has 10 heteroatoms. The van der Waals surface area contributed by atoms with Gasteiger partial charge >= 0.3 is 0 Å². The van der Waals surface area contributed by atoms with Crippen LogP contribution in [0.3, 0.4) is 0 Å². The van der Waals surface area contributed by atoms with E-state index >= 15 is 0 Å². The van der Waals surface area contributed by atoms with Crippen LogP contribution in [0.5, 0.6) is 0 Å². The van der Waals surface area contributed by atoms with Gasteiger partial charge in [0.2, 0.25) is 0 Å². The summed E-state index contributed by atoms with van der Waals surface area (Å²) in [6.07, 6.45) is 6.84. The lowest BCUT2D eigenvalue weighted by atomic mass is 9.86. The number of rotatable bonds is 8. The summed E-state index contributed by atoms with van der Waals surface area (Å²) in [5.41, 5.74) is 1.97. The van der Waals surface area contributed by atoms with Crippen LogP contribution in [0.4, 0.5) is 15.9 Å². The second-order valence-corrected chi connectivity index (χ2v) is 11.7. The Bertz CT molecular complexity index is 1200. The van der Waals surface area contributed by atoms with E-state index in [0.29, 0.717) is 24.0 Å². The molecular formula is C21H24ClFN4O2S2. The van der Waals surface area contributed by atoms with Crippen LogP contribution in [0.1, 0.15) is 23.3 Å². The van der Waals surface area contributed by atoms with Gasteiger partial charge in [-0.3, -0.25) is 0 Å². The van der Waals surface area contributed by atoms with Gasteiger partial charge in [-0.2, -0.15) is 0 Å². The number of nitrogens with zero attached hydrogens (tertiary/aromatic N) is 2. The predicted molar refractivity (Wildman–Crippen MR) is 125 cm³/mol. The lowest BCUT2D eigenvalue weighted by Gasteiger charge is -2.22. The van der Waals surface area contributed by atoms with Crippen molar-refractivity contribution in [1.82, 2.24) is 15.3 Å². The number of halogens is 2. The van der Waals surface area contributed by atoms with E-state index in [2.05, 4.69) is 20.6 Å². The fraction of sp³-hybridized carbons (Fsp3) is 0.429. The first-order valence-corrected chi connectivity index (χ1v) is 13.4. The number of hydrogen-bond acceptors (Lipinski definition) is 7. The minimum Gasteiger partial charge on any atom is -0.340 e. The minimum atomic E-state index is -2.92. The van der Waals surface area contributed by atoms with E-state index in [9.17, 15) is 12.8 Å². The van der Waals surface area contributed by atoms with Gasteiger partial charge in [0, 0.05) is 23.4 Å². The van der Waals surface area contributed by atoms with E-state index in [1.807, 2.05) is 0 Å². The van der Waals surface area contributed by atoms with Gasteiger partial charge in [-0.1, -0.05) is 11.6 Å². The second-order valence-electron chi connectivity index (χ2n) is 7.94. The monoisotopic (exact) mass is 482 g/mol. The highest BCUT2D eigenvalue weighted by atomic mass is 35.5. The maximum Gasteiger partial charge on any atom is 0.148 e. The van der Waals surface area contributed by atoms with Gasteiger partial charge < -0.3 is 10.6 Å². The molecule has 31 heavy (non-hydrogen) atoms. The molecule has 166 valence electrons. The Morgan fingerprint density at radius 3 is 2.90 bits per heavy atom. The Hall–Kier alpha value is -1.81. The Morgan fingerprint density at radius 1 is 1.29 bits per heavy atom. The molecule has 0 saturated heterocycles. The van der Waals surface area contributed by atoms with Crippen LogP contribution < -0.4 is 10.6 Å². The summed E-state index contributed by atoms with van der Waals surface area (Å²) in [5, 5.41) is 7.61. The average Bonchev–Trinajstić information content (AvgIpc) is 3.08. The van der Waals surface area contributed by atoms with Crippen molar-refractivity contribution in [3.05, 3.63) is 45.8 Å². The highest BCUT2D eigenvalue weighted by molar-refractivity contribution is 7.90. The lowest BCUT2D eigenvalue weighted by molar-refractivity contribution is 0.421. The molecule has 0 aliphatic heterocycles. The summed E-state index contributed by atoms with van der Waals surface area (Å²) < 4.78 is 35.9. The summed E-state index contributed by atoms with van der Waals surface area (Å²) in [4.78, 5) is 11.2. The zero-order valence-electron chi connectivity index (χ0n) is 17.1. The fourth-order valence-corrected chi connectivity index (χ4v) is 5.92. The molecule has 0 bridgehead atoms. The van der Waals surface area contributed by atoms with Crippen molar-refractivity contribution in [3.8, 4) is 0 Å². The van der Waals surface area contributed by atoms with Crippen LogP contribution in [0.25, 0.3) is 10.2 Å². The standard InChI is InChI=1S/C21H24ClFN4O2S2/c1-31(28,29)9-8-24-7-6-13-2-4-15-18(10-13)30-21-19(15)20(25-12-26-21)27-14-3-5-17(23)16(22)11-14/h3,5,11-13,24H,2,4,6-10H2,1H3,(H,25,26,27). The molecule has 6 nitrogen and oxygen atoms in total. The third-order valence-electron chi connectivity index (χ3n) is 5.51. The van der Waals surface area contributed by atoms with Crippen LogP contribution in [0, 0.1) is 11.7 Å². The highest BCUT2D eigenvalue weighted by Crippen LogP contribution is 2.41. The van der Waals surface area contributed by atoms with Crippen molar-refractivity contribution >= 4 is 54.5 Å². The smallest absolute Gasteiger partial charge is 0.148 e. The van der Waals surface area contributed by atoms with E-state index in [4.69, 9.17) is 11.6 Å². The van der Waals surface area contributed by atoms with Gasteiger partial charge in [-0.25, -0.2) is 22.8 Å². The van der Waals surface area contributed by atoms with E-state index in [-0.39, 0.29) is 10.8 Å². The number of thiophene rings is 1. The molecule has 1 atom stereocenters. The van der Waals surface area contributed by atoms with Crippen molar-refractivity contribution in [2.24, 2.45) is 5.92 Å². The Balaban J connectivity index is 1.45. The number of nitrogens with one attached hydrogen (secondary N) is 2. The summed E-state index contributed by atoms with van der Waals surface area (Å²) in [5.74, 6) is 0.994. The number of aromatic nitrogens is 2. The first kappa shape index (κ1) is 22.4. The van der Waals surface area contributed by atoms with Crippen LogP contribution in [-0.4, -0.2) is 43.5 Å². The highest BCUT2D eigenvalue weighted by Gasteiger charge is 2.25. The summed E-state index contributed by atoms with van der Waals surface area (Å²) >= 11 is 7.62. The molecule has 0 spiro atoms. The molecule has 1 aliphatic rings. The first-order chi connectivity index (χ1) is 14.8. The molecule has 1 aromatic carbocycles. The summed E-state index contributed by atoms with van der Waals surface area (Å²) in [6, 6.07) is 4.53. The maximum atomic E-state index is 13.5. The van der Waals surface area contributed by atoms with Crippen molar-refractivity contribution in [1.29, 1.82) is 0 Å². The van der Waals surface area contributed by atoms with Gasteiger partial charge in [0.25, 0.3) is 0 Å². The molecular weight excluding hydrogens is 459 g/mol. The molecule has 2 heterocycles. The fourth-order valence-electron chi connectivity index (χ4n) is 3.92. The van der Waals surface area contributed by atoms with Crippen molar-refractivity contribution in [3.63, 3.8) is 0 Å². The number of fused-ring (bicyclic) bond motifs is 3. The maximum absolute atomic E-state index is 13.5. The van der Waals surface area contributed by atoms with E-state index < -0.39 is 15.7 Å². The lowest BCUT2D eigenvalue weighted by Crippen LogP contribution is -2.26. The van der Waals surface area contributed by atoms with Crippen LogP contribution in [-0.2, 0) is 22.7 Å². The molecule has 2 aromatic heterocycles. The van der Waals surface area contributed by atoms with Gasteiger partial charge in [0.1, 0.15) is 32.6 Å². The van der Waals surface area contributed by atoms with Gasteiger partial charge in [-0.15, -0.1) is 11.3 Å². The molecule has 1 aliphatic carbocycles. The van der Waals surface area contributed by atoms with Crippen molar-refractivity contribution in [2.75, 3.05) is 30.4 Å². The second kappa shape index (κ2) is 9.36. The SMILES string of the molecule is CS(=O)(=O)CCNCCC1CCc2c(sc3ncnc(Nc4ccc(F)c(Cl)c4)c23)C1. The predicted octanol–water partition coefficient (Wildman–Crippen LogP) is 4.36. The zero-order chi connectivity index (χ0) is 22.0. The van der Waals surface area contributed by atoms with E-state index in [0.717, 1.165) is 42.4 Å². The molecule has 3 aromatic rings. The molecule has 0 amide bonds. The number of anilines is 2. The molecule has 0 radical (unpaired) electrons.